The van der Waals surface area contributed by atoms with Gasteiger partial charge in [0.2, 0.25) is 0 Å². The van der Waals surface area contributed by atoms with Gasteiger partial charge in [0.25, 0.3) is 0 Å². The fourth-order valence-corrected chi connectivity index (χ4v) is 17.7. The van der Waals surface area contributed by atoms with Crippen LogP contribution < -0.4 is 14.2 Å². The highest BCUT2D eigenvalue weighted by molar-refractivity contribution is 7.97. The van der Waals surface area contributed by atoms with Crippen LogP contribution in [-0.2, 0) is 41.1 Å². The number of hydrogen-bond acceptors (Lipinski definition) is 3. The van der Waals surface area contributed by atoms with E-state index in [9.17, 15) is 0 Å². The number of ether oxygens (including phenoxy) is 3. The summed E-state index contributed by atoms with van der Waals surface area (Å²) in [4.78, 5) is 9.14. The molecule has 3 unspecified atom stereocenters. The highest BCUT2D eigenvalue weighted by atomic mass is 32.2. The normalized spacial score (nSPS) is 17.2. The van der Waals surface area contributed by atoms with Gasteiger partial charge in [0.1, 0.15) is 34.1 Å². The summed E-state index contributed by atoms with van der Waals surface area (Å²) in [6.07, 6.45) is 2.45. The molecule has 11 aliphatic heterocycles. The molecular weight excluding hydrogens is 949 g/mol. The van der Waals surface area contributed by atoms with Gasteiger partial charge in [0.05, 0.1) is 21.8 Å². The first-order chi connectivity index (χ1) is 35.2. The molecule has 362 valence electrons. The van der Waals surface area contributed by atoms with E-state index in [1.165, 1.54) is 87.8 Å². The third-order valence-corrected chi connectivity index (χ3v) is 20.7. The Labute approximate surface area is 439 Å². The molecule has 0 aliphatic carbocycles. The summed E-state index contributed by atoms with van der Waals surface area (Å²) in [5.41, 5.74) is 6.65. The topological polar surface area (TPSA) is 27.7 Å². The molecule has 0 fully saturated rings. The van der Waals surface area contributed by atoms with Crippen molar-refractivity contribution in [2.75, 3.05) is 0 Å². The van der Waals surface area contributed by atoms with E-state index in [1.807, 2.05) is 0 Å². The molecule has 73 heavy (non-hydrogen) atoms. The summed E-state index contributed by atoms with van der Waals surface area (Å²) in [7, 11) is -0.905. The van der Waals surface area contributed by atoms with Crippen molar-refractivity contribution in [2.45, 2.75) is 114 Å². The zero-order valence-corrected chi connectivity index (χ0v) is 45.2. The highest BCUT2D eigenvalue weighted by Gasteiger charge is 2.38. The Balaban J connectivity index is 0.969. The van der Waals surface area contributed by atoms with Crippen molar-refractivity contribution in [1.29, 1.82) is 0 Å². The van der Waals surface area contributed by atoms with E-state index in [-0.39, 0.29) is 27.0 Å². The average molecular weight is 1010 g/mol. The van der Waals surface area contributed by atoms with Gasteiger partial charge in [0, 0.05) is 57.7 Å². The lowest BCUT2D eigenvalue weighted by atomic mass is 9.97. The molecule has 12 heterocycles. The zero-order valence-electron chi connectivity index (χ0n) is 42.7. The first-order valence-corrected chi connectivity index (χ1v) is 29.1. The molecule has 0 saturated heterocycles. The molecule has 0 N–H and O–H groups in total. The summed E-state index contributed by atoms with van der Waals surface area (Å²) in [6, 6.07) is 77.3. The third-order valence-electron chi connectivity index (χ3n) is 13.7. The maximum Gasteiger partial charge on any atom is 0.187 e. The van der Waals surface area contributed by atoms with E-state index in [4.69, 9.17) is 14.2 Å². The van der Waals surface area contributed by atoms with E-state index in [1.54, 1.807) is 0 Å². The first kappa shape index (κ1) is 47.3. The van der Waals surface area contributed by atoms with Crippen LogP contribution in [0.4, 0.5) is 0 Å². The van der Waals surface area contributed by atoms with Crippen molar-refractivity contribution in [3.8, 4) is 33.3 Å². The SMILES string of the molecule is CC(C)(C)Oc1ccc([S+]2c3ccc(cc3)OC(C)(C)Cc3cccc(c3)[S+]3c4ccccc4Cc4cc(ccc43)-c3ccc4c(c3)c3ccccc3[s+]4-c3cccc(c3)CC(C)(C)Oc3ccc2cc3)cc1. The highest BCUT2D eigenvalue weighted by Crippen LogP contribution is 2.50. The molecule has 16 bridgehead atoms. The van der Waals surface area contributed by atoms with E-state index in [2.05, 4.69) is 255 Å². The van der Waals surface area contributed by atoms with Crippen LogP contribution in [-0.4, -0.2) is 16.8 Å². The zero-order chi connectivity index (χ0) is 50.1. The molecule has 0 radical (unpaired) electrons. The van der Waals surface area contributed by atoms with E-state index < -0.39 is 22.1 Å². The van der Waals surface area contributed by atoms with Crippen molar-refractivity contribution in [3.05, 3.63) is 229 Å². The number of fused-ring (bicyclic) bond motifs is 2. The molecule has 3 nitrogen and oxygen atoms in total. The van der Waals surface area contributed by atoms with Gasteiger partial charge < -0.3 is 14.2 Å². The lowest BCUT2D eigenvalue weighted by molar-refractivity contribution is 0.109. The molecule has 1 aromatic heterocycles. The fraction of sp³-hybridized carbons (Fsp3) is 0.194. The molecule has 11 aliphatic rings. The third kappa shape index (κ3) is 9.69. The van der Waals surface area contributed by atoms with Gasteiger partial charge in [-0.1, -0.05) is 54.6 Å². The Morgan fingerprint density at radius 2 is 0.959 bits per heavy atom. The fourth-order valence-electron chi connectivity index (χ4n) is 10.8. The molecule has 21 rings (SSSR count). The lowest BCUT2D eigenvalue weighted by Gasteiger charge is -2.27. The van der Waals surface area contributed by atoms with Crippen molar-refractivity contribution in [1.82, 2.24) is 0 Å². The van der Waals surface area contributed by atoms with Gasteiger partial charge in [0.15, 0.2) is 43.7 Å². The second kappa shape index (κ2) is 18.7. The predicted molar refractivity (Wildman–Crippen MR) is 307 cm³/mol. The van der Waals surface area contributed by atoms with Crippen LogP contribution in [0, 0.1) is 0 Å². The smallest absolute Gasteiger partial charge is 0.187 e. The van der Waals surface area contributed by atoms with Gasteiger partial charge in [-0.05, 0) is 216 Å². The average Bonchev–Trinajstić information content (AvgIpc) is 3.70. The minimum atomic E-state index is -0.465. The van der Waals surface area contributed by atoms with Crippen LogP contribution in [0.15, 0.2) is 236 Å². The summed E-state index contributed by atoms with van der Waals surface area (Å²) in [5.74, 6) is 2.58. The van der Waals surface area contributed by atoms with Gasteiger partial charge in [-0.25, -0.2) is 0 Å². The van der Waals surface area contributed by atoms with E-state index >= 15 is 0 Å². The van der Waals surface area contributed by atoms with Gasteiger partial charge >= 0.3 is 0 Å². The lowest BCUT2D eigenvalue weighted by Crippen LogP contribution is -2.31. The molecular formula is C67H61O3S3+3. The predicted octanol–water partition coefficient (Wildman–Crippen LogP) is 17.8. The van der Waals surface area contributed by atoms with Crippen LogP contribution in [0.3, 0.4) is 0 Å². The minimum absolute atomic E-state index is 0.239. The quantitative estimate of drug-likeness (QED) is 0.162. The van der Waals surface area contributed by atoms with E-state index in [0.29, 0.717) is 0 Å². The second-order valence-electron chi connectivity index (χ2n) is 21.7. The van der Waals surface area contributed by atoms with Crippen LogP contribution in [0.5, 0.6) is 17.2 Å². The molecule has 0 spiro atoms. The van der Waals surface area contributed by atoms with Crippen LogP contribution in [0.25, 0.3) is 36.2 Å². The van der Waals surface area contributed by atoms with Crippen molar-refractivity contribution >= 4 is 52.4 Å². The maximum atomic E-state index is 6.89. The van der Waals surface area contributed by atoms with Gasteiger partial charge in [-0.2, -0.15) is 0 Å². The largest absolute Gasteiger partial charge is 0.488 e. The number of rotatable bonds is 2. The standard InChI is InChI=1S/C67H61O3S3/c1-65(2,3)68-51-24-30-54(31-25-51)71-55-32-26-52(27-33-55)69-66(4,5)43-45-14-12-17-57(38-45)72-61-20-10-8-16-49(61)41-50-40-47(22-36-62(50)72)48-23-37-64-60(42-48)59-19-9-11-21-63(59)73(64)58-18-13-15-46(39-58)44-67(6,7)70-53-28-34-56(71)35-29-53/h8-40,42H,41,43-44H2,1-7H3/q+3. The number of thiophene rings is 1. The Bertz CT molecular complexity index is 3670. The number of hydrogen-bond donors (Lipinski definition) is 0. The Morgan fingerprint density at radius 1 is 0.425 bits per heavy atom. The molecule has 0 saturated carbocycles. The maximum absolute atomic E-state index is 6.89. The second-order valence-corrected chi connectivity index (χ2v) is 27.7. The summed E-state index contributed by atoms with van der Waals surface area (Å²) in [6.45, 7) is 15.1. The summed E-state index contributed by atoms with van der Waals surface area (Å²) < 4.78 is 22.8. The van der Waals surface area contributed by atoms with Crippen LogP contribution >= 0.6 is 10.5 Å². The van der Waals surface area contributed by atoms with Gasteiger partial charge in [-0.15, -0.1) is 0 Å². The minimum Gasteiger partial charge on any atom is -0.488 e. The molecule has 3 atom stereocenters. The number of benzene rings is 9. The molecule has 6 heteroatoms. The molecule has 9 aromatic carbocycles. The Kier molecular flexibility index (Phi) is 12.1. The Hall–Kier alpha value is -6.70. The Morgan fingerprint density at radius 3 is 1.62 bits per heavy atom. The van der Waals surface area contributed by atoms with Crippen molar-refractivity contribution in [2.24, 2.45) is 0 Å². The van der Waals surface area contributed by atoms with Crippen molar-refractivity contribution < 1.29 is 14.2 Å². The van der Waals surface area contributed by atoms with Crippen LogP contribution in [0.1, 0.15) is 70.7 Å². The first-order valence-electron chi connectivity index (χ1n) is 25.4. The van der Waals surface area contributed by atoms with Gasteiger partial charge in [-0.3, -0.25) is 0 Å². The van der Waals surface area contributed by atoms with Crippen molar-refractivity contribution in [3.63, 3.8) is 0 Å². The molecule has 0 amide bonds. The molecule has 10 aromatic rings. The monoisotopic (exact) mass is 1010 g/mol. The summed E-state index contributed by atoms with van der Waals surface area (Å²) >= 11 is 0. The summed E-state index contributed by atoms with van der Waals surface area (Å²) in [5, 5.41) is 2.67. The van der Waals surface area contributed by atoms with E-state index in [0.717, 1.165) is 36.5 Å². The van der Waals surface area contributed by atoms with Crippen LogP contribution in [0.2, 0.25) is 0 Å².